The van der Waals surface area contributed by atoms with Crippen LogP contribution in [0.2, 0.25) is 5.15 Å². The Morgan fingerprint density at radius 1 is 1.19 bits per heavy atom. The summed E-state index contributed by atoms with van der Waals surface area (Å²) in [7, 11) is 3.11. The first-order chi connectivity index (χ1) is 12.9. The van der Waals surface area contributed by atoms with Crippen LogP contribution in [0.15, 0.2) is 36.5 Å². The number of pyridine rings is 1. The Kier molecular flexibility index (Phi) is 7.43. The lowest BCUT2D eigenvalue weighted by atomic mass is 10.1. The fourth-order valence-electron chi connectivity index (χ4n) is 2.28. The first-order valence-corrected chi connectivity index (χ1v) is 8.63. The molecule has 0 unspecified atom stereocenters. The van der Waals surface area contributed by atoms with Crippen LogP contribution in [0.1, 0.15) is 18.9 Å². The molecule has 0 aliphatic rings. The van der Waals surface area contributed by atoms with Crippen LogP contribution in [0.4, 0.5) is 5.69 Å². The average Bonchev–Trinajstić information content (AvgIpc) is 2.67. The third-order valence-electron chi connectivity index (χ3n) is 3.72. The molecule has 2 aromatic rings. The number of aryl methyl sites for hydroxylation is 1. The number of methoxy groups -OCH3 is 2. The Labute approximate surface area is 162 Å². The number of nitrogens with zero attached hydrogens (tertiary/aromatic N) is 1. The third kappa shape index (κ3) is 6.14. The minimum absolute atomic E-state index is 0.113. The van der Waals surface area contributed by atoms with E-state index in [-0.39, 0.29) is 11.6 Å². The van der Waals surface area contributed by atoms with Crippen LogP contribution >= 0.6 is 11.6 Å². The van der Waals surface area contributed by atoms with Crippen molar-refractivity contribution in [2.45, 2.75) is 25.9 Å². The number of rotatable bonds is 8. The van der Waals surface area contributed by atoms with Gasteiger partial charge >= 0.3 is 5.97 Å². The van der Waals surface area contributed by atoms with Crippen molar-refractivity contribution in [3.8, 4) is 11.5 Å². The van der Waals surface area contributed by atoms with Crippen molar-refractivity contribution in [2.24, 2.45) is 0 Å². The Hall–Kier alpha value is -2.80. The Morgan fingerprint density at radius 3 is 2.44 bits per heavy atom. The highest BCUT2D eigenvalue weighted by molar-refractivity contribution is 6.32. The zero-order valence-electron chi connectivity index (χ0n) is 15.3. The van der Waals surface area contributed by atoms with Gasteiger partial charge in [0, 0.05) is 18.7 Å². The summed E-state index contributed by atoms with van der Waals surface area (Å²) in [6.45, 7) is 1.49. The monoisotopic (exact) mass is 392 g/mol. The second-order valence-electron chi connectivity index (χ2n) is 5.68. The number of hydrogen-bond donors (Lipinski definition) is 1. The molecule has 27 heavy (non-hydrogen) atoms. The second kappa shape index (κ2) is 9.78. The molecule has 2 rings (SSSR count). The van der Waals surface area contributed by atoms with Gasteiger partial charge in [0.25, 0.3) is 5.91 Å². The highest BCUT2D eigenvalue weighted by Crippen LogP contribution is 2.23. The molecule has 0 radical (unpaired) electrons. The maximum atomic E-state index is 12.1. The maximum Gasteiger partial charge on any atom is 0.306 e. The van der Waals surface area contributed by atoms with Gasteiger partial charge in [-0.3, -0.25) is 9.59 Å². The van der Waals surface area contributed by atoms with E-state index < -0.39 is 18.0 Å². The van der Waals surface area contributed by atoms with Crippen molar-refractivity contribution >= 4 is 29.2 Å². The summed E-state index contributed by atoms with van der Waals surface area (Å²) < 4.78 is 15.6. The number of aromatic nitrogens is 1. The molecule has 7 nitrogen and oxygen atoms in total. The number of nitrogens with one attached hydrogen (secondary N) is 1. The highest BCUT2D eigenvalue weighted by atomic mass is 35.5. The molecular formula is C19H21ClN2O5. The maximum absolute atomic E-state index is 12.1. The highest BCUT2D eigenvalue weighted by Gasteiger charge is 2.19. The van der Waals surface area contributed by atoms with E-state index in [0.29, 0.717) is 23.6 Å². The molecule has 0 bridgehead atoms. The van der Waals surface area contributed by atoms with Gasteiger partial charge in [0.1, 0.15) is 11.5 Å². The molecule has 0 aliphatic heterocycles. The minimum Gasteiger partial charge on any atom is -0.497 e. The summed E-state index contributed by atoms with van der Waals surface area (Å²) in [6.07, 6.45) is 1.08. The minimum atomic E-state index is -0.964. The van der Waals surface area contributed by atoms with Gasteiger partial charge in [-0.25, -0.2) is 4.98 Å². The summed E-state index contributed by atoms with van der Waals surface area (Å²) in [5.74, 6) is 0.302. The van der Waals surface area contributed by atoms with Crippen molar-refractivity contribution < 1.29 is 23.8 Å². The number of ether oxygens (including phenoxy) is 3. The first kappa shape index (κ1) is 20.5. The number of hydrogen-bond acceptors (Lipinski definition) is 6. The van der Waals surface area contributed by atoms with Gasteiger partial charge in [-0.05, 0) is 43.2 Å². The van der Waals surface area contributed by atoms with E-state index in [1.165, 1.54) is 13.1 Å². The lowest BCUT2D eigenvalue weighted by Crippen LogP contribution is -2.30. The SMILES string of the molecule is COc1cc(CCC(=O)O[C@@H](C)C(=O)Nc2cccnc2Cl)cc(OC)c1. The fraction of sp³-hybridized carbons (Fsp3) is 0.316. The number of anilines is 1. The van der Waals surface area contributed by atoms with Crippen molar-refractivity contribution in [1.82, 2.24) is 4.98 Å². The zero-order chi connectivity index (χ0) is 19.8. The summed E-state index contributed by atoms with van der Waals surface area (Å²) in [4.78, 5) is 28.1. The van der Waals surface area contributed by atoms with E-state index in [4.69, 9.17) is 25.8 Å². The number of esters is 1. The van der Waals surface area contributed by atoms with Gasteiger partial charge in [-0.15, -0.1) is 0 Å². The van der Waals surface area contributed by atoms with Gasteiger partial charge in [0.2, 0.25) is 0 Å². The van der Waals surface area contributed by atoms with Crippen LogP contribution in [0.25, 0.3) is 0 Å². The van der Waals surface area contributed by atoms with Crippen molar-refractivity contribution in [3.05, 3.63) is 47.2 Å². The molecule has 0 saturated heterocycles. The van der Waals surface area contributed by atoms with Crippen molar-refractivity contribution in [2.75, 3.05) is 19.5 Å². The molecular weight excluding hydrogens is 372 g/mol. The quantitative estimate of drug-likeness (QED) is 0.548. The van der Waals surface area contributed by atoms with Crippen LogP contribution in [-0.2, 0) is 20.7 Å². The lowest BCUT2D eigenvalue weighted by molar-refractivity contribution is -0.153. The third-order valence-corrected chi connectivity index (χ3v) is 4.02. The van der Waals surface area contributed by atoms with Crippen LogP contribution in [0.3, 0.4) is 0 Å². The molecule has 1 atom stereocenters. The molecule has 8 heteroatoms. The van der Waals surface area contributed by atoms with Gasteiger partial charge in [-0.1, -0.05) is 11.6 Å². The summed E-state index contributed by atoms with van der Waals surface area (Å²) in [5, 5.41) is 2.74. The Morgan fingerprint density at radius 2 is 1.85 bits per heavy atom. The molecule has 144 valence electrons. The van der Waals surface area contributed by atoms with E-state index in [9.17, 15) is 9.59 Å². The van der Waals surface area contributed by atoms with Gasteiger partial charge in [0.05, 0.1) is 19.9 Å². The largest absolute Gasteiger partial charge is 0.497 e. The predicted octanol–water partition coefficient (Wildman–Crippen LogP) is 3.26. The number of benzene rings is 1. The molecule has 1 aromatic carbocycles. The van der Waals surface area contributed by atoms with Crippen LogP contribution in [0, 0.1) is 0 Å². The topological polar surface area (TPSA) is 86.8 Å². The van der Waals surface area contributed by atoms with E-state index in [1.807, 2.05) is 12.1 Å². The predicted molar refractivity (Wildman–Crippen MR) is 101 cm³/mol. The molecule has 1 aromatic heterocycles. The molecule has 1 N–H and O–H groups in total. The van der Waals surface area contributed by atoms with Crippen LogP contribution < -0.4 is 14.8 Å². The van der Waals surface area contributed by atoms with Crippen LogP contribution in [-0.4, -0.2) is 37.2 Å². The first-order valence-electron chi connectivity index (χ1n) is 8.25. The number of carbonyl (C=O) groups is 2. The average molecular weight is 393 g/mol. The second-order valence-corrected chi connectivity index (χ2v) is 6.04. The summed E-state index contributed by atoms with van der Waals surface area (Å²) in [6, 6.07) is 8.63. The fourth-order valence-corrected chi connectivity index (χ4v) is 2.45. The van der Waals surface area contributed by atoms with Gasteiger partial charge < -0.3 is 19.5 Å². The number of halogens is 1. The normalized spacial score (nSPS) is 11.4. The Bertz CT molecular complexity index is 790. The summed E-state index contributed by atoms with van der Waals surface area (Å²) in [5.41, 5.74) is 1.22. The Balaban J connectivity index is 1.88. The van der Waals surface area contributed by atoms with Crippen LogP contribution in [0.5, 0.6) is 11.5 Å². The smallest absolute Gasteiger partial charge is 0.306 e. The van der Waals surface area contributed by atoms with E-state index in [1.54, 1.807) is 32.4 Å². The van der Waals surface area contributed by atoms with Crippen molar-refractivity contribution in [3.63, 3.8) is 0 Å². The molecule has 0 spiro atoms. The molecule has 0 fully saturated rings. The van der Waals surface area contributed by atoms with E-state index >= 15 is 0 Å². The standard InChI is InChI=1S/C19H21ClN2O5/c1-12(19(24)22-16-5-4-8-21-18(16)20)27-17(23)7-6-13-9-14(25-2)11-15(10-13)26-3/h4-5,8-12H,6-7H2,1-3H3,(H,22,24)/t12-/m0/s1. The summed E-state index contributed by atoms with van der Waals surface area (Å²) >= 11 is 5.89. The molecule has 0 aliphatic carbocycles. The van der Waals surface area contributed by atoms with E-state index in [0.717, 1.165) is 5.56 Å². The van der Waals surface area contributed by atoms with Gasteiger partial charge in [0.15, 0.2) is 11.3 Å². The number of carbonyl (C=O) groups excluding carboxylic acids is 2. The molecule has 0 saturated carbocycles. The van der Waals surface area contributed by atoms with Gasteiger partial charge in [-0.2, -0.15) is 0 Å². The lowest BCUT2D eigenvalue weighted by Gasteiger charge is -2.14. The molecule has 1 amide bonds. The molecule has 1 heterocycles. The van der Waals surface area contributed by atoms with E-state index in [2.05, 4.69) is 10.3 Å². The van der Waals surface area contributed by atoms with Crippen molar-refractivity contribution in [1.29, 1.82) is 0 Å². The number of amides is 1. The zero-order valence-corrected chi connectivity index (χ0v) is 16.1.